The summed E-state index contributed by atoms with van der Waals surface area (Å²) in [5.74, 6) is -0.283. The SMILES string of the molecule is CC(C)(C)OC(=O)N1CCC(c2ccncc2F)C1. The van der Waals surface area contributed by atoms with Gasteiger partial charge in [-0.2, -0.15) is 0 Å². The van der Waals surface area contributed by atoms with E-state index in [9.17, 15) is 9.18 Å². The number of amides is 1. The predicted molar refractivity (Wildman–Crippen MR) is 69.4 cm³/mol. The van der Waals surface area contributed by atoms with Crippen molar-refractivity contribution in [3.63, 3.8) is 0 Å². The van der Waals surface area contributed by atoms with Crippen molar-refractivity contribution in [3.8, 4) is 0 Å². The molecule has 2 heterocycles. The summed E-state index contributed by atoms with van der Waals surface area (Å²) in [4.78, 5) is 17.3. The molecule has 2 rings (SSSR count). The molecule has 1 unspecified atom stereocenters. The molecule has 0 aliphatic carbocycles. The number of carbonyl (C=O) groups is 1. The number of likely N-dealkylation sites (tertiary alicyclic amines) is 1. The van der Waals surface area contributed by atoms with Gasteiger partial charge in [-0.25, -0.2) is 9.18 Å². The number of rotatable bonds is 1. The fraction of sp³-hybridized carbons (Fsp3) is 0.571. The molecule has 1 aromatic heterocycles. The Morgan fingerprint density at radius 3 is 2.89 bits per heavy atom. The fourth-order valence-electron chi connectivity index (χ4n) is 2.22. The quantitative estimate of drug-likeness (QED) is 0.785. The zero-order valence-electron chi connectivity index (χ0n) is 11.5. The third-order valence-electron chi connectivity index (χ3n) is 3.08. The van der Waals surface area contributed by atoms with Gasteiger partial charge in [-0.15, -0.1) is 0 Å². The average Bonchev–Trinajstić information content (AvgIpc) is 2.76. The van der Waals surface area contributed by atoms with Crippen LogP contribution in [0.1, 0.15) is 38.7 Å². The van der Waals surface area contributed by atoms with Gasteiger partial charge in [0.2, 0.25) is 0 Å². The molecule has 0 radical (unpaired) electrons. The second-order valence-electron chi connectivity index (χ2n) is 5.81. The van der Waals surface area contributed by atoms with Gasteiger partial charge in [-0.05, 0) is 38.8 Å². The van der Waals surface area contributed by atoms with Crippen LogP contribution in [-0.2, 0) is 4.74 Å². The maximum Gasteiger partial charge on any atom is 0.410 e. The molecule has 0 spiro atoms. The Kier molecular flexibility index (Phi) is 3.73. The molecule has 0 N–H and O–H groups in total. The lowest BCUT2D eigenvalue weighted by Gasteiger charge is -2.24. The summed E-state index contributed by atoms with van der Waals surface area (Å²) in [5.41, 5.74) is 0.123. The first-order valence-electron chi connectivity index (χ1n) is 6.44. The van der Waals surface area contributed by atoms with Gasteiger partial charge in [0.05, 0.1) is 6.20 Å². The van der Waals surface area contributed by atoms with E-state index in [1.807, 2.05) is 20.8 Å². The van der Waals surface area contributed by atoms with Crippen molar-refractivity contribution in [1.82, 2.24) is 9.88 Å². The van der Waals surface area contributed by atoms with Crippen LogP contribution in [-0.4, -0.2) is 34.7 Å². The zero-order valence-corrected chi connectivity index (χ0v) is 11.5. The zero-order chi connectivity index (χ0) is 14.0. The summed E-state index contributed by atoms with van der Waals surface area (Å²) >= 11 is 0. The molecule has 104 valence electrons. The van der Waals surface area contributed by atoms with E-state index in [4.69, 9.17) is 4.74 Å². The molecule has 1 aromatic rings. The van der Waals surface area contributed by atoms with Crippen molar-refractivity contribution in [3.05, 3.63) is 29.8 Å². The third kappa shape index (κ3) is 3.43. The topological polar surface area (TPSA) is 42.4 Å². The number of carbonyl (C=O) groups excluding carboxylic acids is 1. The second kappa shape index (κ2) is 5.15. The van der Waals surface area contributed by atoms with E-state index in [1.54, 1.807) is 17.2 Å². The Bertz CT molecular complexity index is 471. The van der Waals surface area contributed by atoms with E-state index in [1.165, 1.54) is 6.20 Å². The standard InChI is InChI=1S/C14H19FN2O2/c1-14(2,3)19-13(18)17-7-5-10(9-17)11-4-6-16-8-12(11)15/h4,6,8,10H,5,7,9H2,1-3H3. The number of hydrogen-bond acceptors (Lipinski definition) is 3. The Morgan fingerprint density at radius 2 is 2.26 bits per heavy atom. The van der Waals surface area contributed by atoms with Gasteiger partial charge in [0.15, 0.2) is 0 Å². The van der Waals surface area contributed by atoms with Crippen molar-refractivity contribution in [2.45, 2.75) is 38.7 Å². The van der Waals surface area contributed by atoms with E-state index in [0.29, 0.717) is 18.7 Å². The van der Waals surface area contributed by atoms with Crippen LogP contribution in [0.2, 0.25) is 0 Å². The number of ether oxygens (including phenoxy) is 1. The maximum absolute atomic E-state index is 13.6. The molecule has 1 amide bonds. The molecule has 0 aromatic carbocycles. The van der Waals surface area contributed by atoms with E-state index >= 15 is 0 Å². The lowest BCUT2D eigenvalue weighted by atomic mass is 9.99. The molecule has 19 heavy (non-hydrogen) atoms. The van der Waals surface area contributed by atoms with Gasteiger partial charge in [0.1, 0.15) is 11.4 Å². The van der Waals surface area contributed by atoms with Crippen LogP contribution >= 0.6 is 0 Å². The Morgan fingerprint density at radius 1 is 1.53 bits per heavy atom. The van der Waals surface area contributed by atoms with Gasteiger partial charge < -0.3 is 9.64 Å². The van der Waals surface area contributed by atoms with Crippen LogP contribution in [0.25, 0.3) is 0 Å². The molecule has 5 heteroatoms. The molecular formula is C14H19FN2O2. The first-order valence-corrected chi connectivity index (χ1v) is 6.44. The molecule has 1 aliphatic heterocycles. The highest BCUT2D eigenvalue weighted by Gasteiger charge is 2.31. The maximum atomic E-state index is 13.6. The molecule has 1 fully saturated rings. The highest BCUT2D eigenvalue weighted by Crippen LogP contribution is 2.29. The summed E-state index contributed by atoms with van der Waals surface area (Å²) in [7, 11) is 0. The lowest BCUT2D eigenvalue weighted by Crippen LogP contribution is -2.35. The second-order valence-corrected chi connectivity index (χ2v) is 5.81. The number of pyridine rings is 1. The van der Waals surface area contributed by atoms with Gasteiger partial charge in [0, 0.05) is 25.2 Å². The highest BCUT2D eigenvalue weighted by atomic mass is 19.1. The molecule has 1 saturated heterocycles. The summed E-state index contributed by atoms with van der Waals surface area (Å²) in [6.07, 6.45) is 3.21. The number of nitrogens with zero attached hydrogens (tertiary/aromatic N) is 2. The van der Waals surface area contributed by atoms with Gasteiger partial charge >= 0.3 is 6.09 Å². The largest absolute Gasteiger partial charge is 0.444 e. The van der Waals surface area contributed by atoms with E-state index in [-0.39, 0.29) is 17.8 Å². The summed E-state index contributed by atoms with van der Waals surface area (Å²) in [5, 5.41) is 0. The minimum Gasteiger partial charge on any atom is -0.444 e. The lowest BCUT2D eigenvalue weighted by molar-refractivity contribution is 0.0292. The van der Waals surface area contributed by atoms with Gasteiger partial charge in [-0.1, -0.05) is 0 Å². The van der Waals surface area contributed by atoms with Gasteiger partial charge in [-0.3, -0.25) is 4.98 Å². The van der Waals surface area contributed by atoms with E-state index in [0.717, 1.165) is 6.42 Å². The van der Waals surface area contributed by atoms with E-state index in [2.05, 4.69) is 4.98 Å². The Balaban J connectivity index is 2.01. The van der Waals surface area contributed by atoms with Crippen LogP contribution < -0.4 is 0 Å². The number of aromatic nitrogens is 1. The smallest absolute Gasteiger partial charge is 0.410 e. The molecule has 1 aliphatic rings. The normalized spacial score (nSPS) is 19.6. The van der Waals surface area contributed by atoms with Crippen molar-refractivity contribution >= 4 is 6.09 Å². The highest BCUT2D eigenvalue weighted by molar-refractivity contribution is 5.68. The van der Waals surface area contributed by atoms with Crippen LogP contribution in [0.3, 0.4) is 0 Å². The third-order valence-corrected chi connectivity index (χ3v) is 3.08. The number of hydrogen-bond donors (Lipinski definition) is 0. The summed E-state index contributed by atoms with van der Waals surface area (Å²) < 4.78 is 19.0. The monoisotopic (exact) mass is 266 g/mol. The fourth-order valence-corrected chi connectivity index (χ4v) is 2.22. The van der Waals surface area contributed by atoms with Crippen molar-refractivity contribution in [1.29, 1.82) is 0 Å². The van der Waals surface area contributed by atoms with Crippen LogP contribution in [0, 0.1) is 5.82 Å². The molecule has 0 saturated carbocycles. The molecule has 1 atom stereocenters. The van der Waals surface area contributed by atoms with Crippen LogP contribution in [0.5, 0.6) is 0 Å². The summed E-state index contributed by atoms with van der Waals surface area (Å²) in [6, 6.07) is 1.68. The predicted octanol–water partition coefficient (Wildman–Crippen LogP) is 2.95. The summed E-state index contributed by atoms with van der Waals surface area (Å²) in [6.45, 7) is 6.60. The Labute approximate surface area is 112 Å². The van der Waals surface area contributed by atoms with Crippen molar-refractivity contribution in [2.24, 2.45) is 0 Å². The van der Waals surface area contributed by atoms with Crippen molar-refractivity contribution < 1.29 is 13.9 Å². The average molecular weight is 266 g/mol. The Hall–Kier alpha value is -1.65. The molecule has 4 nitrogen and oxygen atoms in total. The van der Waals surface area contributed by atoms with E-state index < -0.39 is 5.60 Å². The molecule has 0 bridgehead atoms. The van der Waals surface area contributed by atoms with Gasteiger partial charge in [0.25, 0.3) is 0 Å². The minimum absolute atomic E-state index is 0.0236. The minimum atomic E-state index is -0.503. The first-order chi connectivity index (χ1) is 8.87. The van der Waals surface area contributed by atoms with Crippen molar-refractivity contribution in [2.75, 3.05) is 13.1 Å². The molecular weight excluding hydrogens is 247 g/mol. The van der Waals surface area contributed by atoms with Crippen LogP contribution in [0.4, 0.5) is 9.18 Å². The first kappa shape index (κ1) is 13.8. The van der Waals surface area contributed by atoms with Crippen LogP contribution in [0.15, 0.2) is 18.5 Å². The number of halogens is 1.